The van der Waals surface area contributed by atoms with E-state index in [-0.39, 0.29) is 112 Å². The SMILES string of the molecule is COC(=O)[C@H](CCCCn1cc(CNC(=O)CC[N+]2=C(/C=C/C=C3/N(CCC(=O)NCCOCCOCCOCCOCCOCCOCCOCCOCCOCCOCCOCCOCCC(=O)NCc4ccc(COc5nc(N)nc6nc[nH]c56)cc4)c4ccc(S(=O)(=O)O)cc4C3(C)C)C(C)(C)c3cc(S(=O)(=O)O)ccc32)nn1)NC(=O)NCc1ccc(N)cc1. The number of carbonyl (C=O) groups excluding carboxylic acids is 5. The van der Waals surface area contributed by atoms with Gasteiger partial charge in [-0.25, -0.2) is 14.6 Å². The molecular weight excluding hydrogens is 1730 g/mol. The maximum atomic E-state index is 13.6. The second kappa shape index (κ2) is 54.3. The molecule has 41 nitrogen and oxygen atoms in total. The smallest absolute Gasteiger partial charge is 0.328 e. The van der Waals surface area contributed by atoms with Gasteiger partial charge in [-0.15, -0.1) is 5.10 Å². The molecule has 0 bridgehead atoms. The minimum atomic E-state index is -4.61. The lowest BCUT2D eigenvalue weighted by atomic mass is 9.81. The van der Waals surface area contributed by atoms with Crippen LogP contribution in [0.2, 0.25) is 0 Å². The van der Waals surface area contributed by atoms with E-state index in [0.29, 0.717) is 233 Å². The molecule has 7 aromatic rings. The van der Waals surface area contributed by atoms with Crippen LogP contribution in [-0.4, -0.2) is 292 Å². The van der Waals surface area contributed by atoms with Gasteiger partial charge in [-0.1, -0.05) is 61.5 Å². The van der Waals surface area contributed by atoms with Crippen LogP contribution in [-0.2, 0) is 145 Å². The number of imidazole rings is 1. The molecular formula is C87H123N16O25S2+. The van der Waals surface area contributed by atoms with Gasteiger partial charge in [-0.3, -0.25) is 28.2 Å². The van der Waals surface area contributed by atoms with Crippen LogP contribution in [0, 0.1) is 0 Å². The van der Waals surface area contributed by atoms with Crippen molar-refractivity contribution < 1.29 is 121 Å². The van der Waals surface area contributed by atoms with Crippen LogP contribution in [0.4, 0.5) is 27.8 Å². The number of carbonyl (C=O) groups is 5. The van der Waals surface area contributed by atoms with Gasteiger partial charge in [-0.2, -0.15) is 31.4 Å². The van der Waals surface area contributed by atoms with Crippen LogP contribution in [0.3, 0.4) is 0 Å². The van der Waals surface area contributed by atoms with Gasteiger partial charge in [0.25, 0.3) is 20.2 Å². The summed E-state index contributed by atoms with van der Waals surface area (Å²) in [6, 6.07) is 21.9. The quantitative estimate of drug-likeness (QED) is 0.00777. The lowest BCUT2D eigenvalue weighted by molar-refractivity contribution is -0.436. The van der Waals surface area contributed by atoms with Crippen LogP contribution < -0.4 is 47.7 Å². The molecule has 0 aliphatic carbocycles. The number of aromatic amines is 1. The molecule has 1 atom stereocenters. The number of hydrogen-bond acceptors (Lipinski definition) is 31. The summed E-state index contributed by atoms with van der Waals surface area (Å²) in [7, 11) is -7.96. The van der Waals surface area contributed by atoms with Gasteiger partial charge in [-0.05, 0) is 104 Å². The average molecular weight is 1860 g/mol. The highest BCUT2D eigenvalue weighted by molar-refractivity contribution is 7.86. The Morgan fingerprint density at radius 3 is 1.62 bits per heavy atom. The Bertz CT molecular complexity index is 5060. The Morgan fingerprint density at radius 1 is 0.554 bits per heavy atom. The first-order valence-corrected chi connectivity index (χ1v) is 45.9. The molecule has 0 unspecified atom stereocenters. The van der Waals surface area contributed by atoms with Crippen molar-refractivity contribution in [1.29, 1.82) is 0 Å². The number of H-pyrrole nitrogens is 1. The van der Waals surface area contributed by atoms with Gasteiger partial charge in [0.1, 0.15) is 23.9 Å². The van der Waals surface area contributed by atoms with E-state index in [9.17, 15) is 49.9 Å². The number of amides is 5. The number of hydrogen-bond donors (Lipinski definition) is 10. The lowest BCUT2D eigenvalue weighted by Crippen LogP contribution is -2.46. The third-order valence-electron chi connectivity index (χ3n) is 20.7. The summed E-state index contributed by atoms with van der Waals surface area (Å²) in [5.41, 5.74) is 18.3. The number of aromatic nitrogens is 7. The van der Waals surface area contributed by atoms with Crippen LogP contribution >= 0.6 is 0 Å². The van der Waals surface area contributed by atoms with E-state index in [4.69, 9.17) is 77.8 Å². The molecule has 130 heavy (non-hydrogen) atoms. The molecule has 3 aromatic heterocycles. The summed E-state index contributed by atoms with van der Waals surface area (Å²) in [6.45, 7) is 18.7. The molecule has 0 saturated heterocycles. The van der Waals surface area contributed by atoms with Crippen LogP contribution in [0.1, 0.15) is 99.7 Å². The minimum absolute atomic E-state index is 0.0195. The molecule has 0 radical (unpaired) electrons. The first kappa shape index (κ1) is 103. The van der Waals surface area contributed by atoms with Crippen molar-refractivity contribution in [3.63, 3.8) is 0 Å². The highest BCUT2D eigenvalue weighted by Gasteiger charge is 2.46. The number of nitrogens with zero attached hydrogens (tertiary/aromatic N) is 8. The molecule has 5 heterocycles. The number of allylic oxidation sites excluding steroid dienone is 4. The number of fused-ring (bicyclic) bond motifs is 3. The molecule has 12 N–H and O–H groups in total. The van der Waals surface area contributed by atoms with Crippen molar-refractivity contribution in [2.24, 2.45) is 0 Å². The fourth-order valence-corrected chi connectivity index (χ4v) is 14.8. The number of aryl methyl sites for hydroxylation is 1. The summed E-state index contributed by atoms with van der Waals surface area (Å²) in [5.74, 6) is -0.892. The average Bonchev–Trinajstić information content (AvgIpc) is 1.59. The molecule has 712 valence electrons. The van der Waals surface area contributed by atoms with E-state index < -0.39 is 49.1 Å². The molecule has 0 fully saturated rings. The van der Waals surface area contributed by atoms with E-state index >= 15 is 0 Å². The number of rotatable bonds is 65. The van der Waals surface area contributed by atoms with Crippen molar-refractivity contribution in [3.05, 3.63) is 155 Å². The van der Waals surface area contributed by atoms with Gasteiger partial charge in [0.05, 0.1) is 206 Å². The predicted octanol–water partition coefficient (Wildman–Crippen LogP) is 5.13. The second-order valence-corrected chi connectivity index (χ2v) is 33.7. The van der Waals surface area contributed by atoms with Crippen molar-refractivity contribution in [2.45, 2.75) is 126 Å². The number of nitrogen functional groups attached to an aromatic ring is 2. The van der Waals surface area contributed by atoms with E-state index in [0.717, 1.165) is 16.7 Å². The fraction of sp³-hybridized carbons (Fsp3) is 0.529. The second-order valence-electron chi connectivity index (χ2n) is 30.9. The Kier molecular flexibility index (Phi) is 43.1. The number of nitrogens with two attached hydrogens (primary N) is 2. The highest BCUT2D eigenvalue weighted by atomic mass is 32.2. The molecule has 0 spiro atoms. The van der Waals surface area contributed by atoms with Gasteiger partial charge < -0.3 is 114 Å². The molecule has 43 heteroatoms. The summed E-state index contributed by atoms with van der Waals surface area (Å²) in [5, 5.41) is 22.5. The van der Waals surface area contributed by atoms with Crippen molar-refractivity contribution >= 4 is 89.8 Å². The minimum Gasteiger partial charge on any atom is -0.471 e. The molecule has 2 aliphatic rings. The van der Waals surface area contributed by atoms with Crippen LogP contribution in [0.5, 0.6) is 5.88 Å². The fourth-order valence-electron chi connectivity index (χ4n) is 13.8. The number of urea groups is 1. The summed E-state index contributed by atoms with van der Waals surface area (Å²) in [6.07, 6.45) is 10.3. The monoisotopic (exact) mass is 1860 g/mol. The number of anilines is 3. The zero-order chi connectivity index (χ0) is 93.0. The standard InChI is InChI=1S/C87H122N16O25S2/c1-86(2)70-55-68(129(109,110)111)20-22-73(70)102(75(86)10-8-11-76-87(3,4)71-56-69(130(112,113)114)21-23-74(71)103(76)30-25-78(105)92-59-67-60-101(100-99-67)28-7-6-9-72(83(107)115-5)96-85(108)93-58-64-16-18-66(88)19-17-64)29-24-77(104)90-27-32-117-34-36-119-38-40-121-42-44-123-46-48-125-50-52-127-54-53-126-51-49-124-47-45-122-43-41-120-39-37-118-35-33-116-31-26-79(106)91-57-63-12-14-65(15-13-63)61-128-82-80-81(95-62-94-80)97-84(89)98-82/h8,10-23,55-56,60,62,72H,6-7,9,24-54,57-59,61,88H2,1-5H3,(H9-,89,90,91,92,93,94,95,96,97,98,99,100,104,105,106,108,109,110,111,112,113,114)/p+1/t72-/m0/s1. The Balaban J connectivity index is 0.556. The molecule has 4 aromatic carbocycles. The lowest BCUT2D eigenvalue weighted by Gasteiger charge is -2.27. The van der Waals surface area contributed by atoms with Gasteiger partial charge in [0.2, 0.25) is 35.2 Å². The molecule has 0 saturated carbocycles. The molecule has 9 rings (SSSR count). The van der Waals surface area contributed by atoms with Gasteiger partial charge in [0, 0.05) is 85.8 Å². The van der Waals surface area contributed by atoms with Crippen molar-refractivity contribution in [1.82, 2.24) is 61.5 Å². The van der Waals surface area contributed by atoms with Crippen molar-refractivity contribution in [2.75, 3.05) is 202 Å². The first-order chi connectivity index (χ1) is 62.7. The van der Waals surface area contributed by atoms with Gasteiger partial charge >= 0.3 is 12.0 Å². The maximum Gasteiger partial charge on any atom is 0.328 e. The van der Waals surface area contributed by atoms with E-state index in [1.165, 1.54) is 37.7 Å². The largest absolute Gasteiger partial charge is 0.471 e. The highest BCUT2D eigenvalue weighted by Crippen LogP contribution is 2.49. The zero-order valence-corrected chi connectivity index (χ0v) is 75.9. The van der Waals surface area contributed by atoms with Gasteiger partial charge in [0.15, 0.2) is 17.9 Å². The van der Waals surface area contributed by atoms with Crippen LogP contribution in [0.25, 0.3) is 11.2 Å². The Labute approximate surface area is 756 Å². The number of esters is 1. The summed E-state index contributed by atoms with van der Waals surface area (Å²) in [4.78, 5) is 81.2. The molecule has 5 amide bonds. The Morgan fingerprint density at radius 2 is 1.05 bits per heavy atom. The number of benzene rings is 4. The van der Waals surface area contributed by atoms with Crippen LogP contribution in [0.15, 0.2) is 131 Å². The first-order valence-electron chi connectivity index (χ1n) is 43.0. The predicted molar refractivity (Wildman–Crippen MR) is 476 cm³/mol. The third kappa shape index (κ3) is 34.9. The van der Waals surface area contributed by atoms with Crippen molar-refractivity contribution in [3.8, 4) is 5.88 Å². The molecule has 2 aliphatic heterocycles. The number of ether oxygens (including phenoxy) is 14. The third-order valence-corrected chi connectivity index (χ3v) is 22.4. The Hall–Kier alpha value is -10.6. The number of methoxy groups -OCH3 is 1. The van der Waals surface area contributed by atoms with E-state index in [1.54, 1.807) is 53.4 Å². The zero-order valence-electron chi connectivity index (χ0n) is 74.3. The maximum absolute atomic E-state index is 13.6. The van der Waals surface area contributed by atoms with E-state index in [1.807, 2.05) is 73.6 Å². The number of nitrogens with one attached hydrogen (secondary N) is 6. The number of unbranched alkanes of at least 4 members (excludes halogenated alkanes) is 1. The normalized spacial score (nSPS) is 14.0. The summed E-state index contributed by atoms with van der Waals surface area (Å²) >= 11 is 0. The summed E-state index contributed by atoms with van der Waals surface area (Å²) < 4.78 is 151. The topological polar surface area (TPSA) is 527 Å². The van der Waals surface area contributed by atoms with E-state index in [2.05, 4.69) is 56.8 Å².